The van der Waals surface area contributed by atoms with Crippen molar-refractivity contribution in [2.75, 3.05) is 26.6 Å². The van der Waals surface area contributed by atoms with E-state index in [9.17, 15) is 9.59 Å². The van der Waals surface area contributed by atoms with Crippen LogP contribution in [0.1, 0.15) is 12.0 Å². The Bertz CT molecular complexity index is 1010. The topological polar surface area (TPSA) is 80.2 Å². The number of amidine groups is 1. The molecule has 2 amide bonds. The standard InChI is InChI=1S/C21H22ClN3O4S/c1-12-7-5-6-8-14(12)24-21-25(2)20(27)18(30-21)11-19(26)23-15-10-16(28-3)13(22)9-17(15)29-4/h5-10,18H,11H2,1-4H3,(H,23,26)/t18-/m1/s1. The second kappa shape index (κ2) is 9.40. The van der Waals surface area contributed by atoms with E-state index in [4.69, 9.17) is 21.1 Å². The third-order valence-corrected chi connectivity index (χ3v) is 6.12. The molecule has 0 spiro atoms. The van der Waals surface area contributed by atoms with Crippen LogP contribution in [0.3, 0.4) is 0 Å². The van der Waals surface area contributed by atoms with Crippen LogP contribution in [-0.2, 0) is 9.59 Å². The third-order valence-electron chi connectivity index (χ3n) is 4.59. The Labute approximate surface area is 184 Å². The molecule has 2 aromatic rings. The van der Waals surface area contributed by atoms with Crippen LogP contribution in [-0.4, -0.2) is 48.4 Å². The van der Waals surface area contributed by atoms with Crippen molar-refractivity contribution in [2.45, 2.75) is 18.6 Å². The van der Waals surface area contributed by atoms with Crippen molar-refractivity contribution in [1.29, 1.82) is 0 Å². The van der Waals surface area contributed by atoms with Gasteiger partial charge in [0.1, 0.15) is 16.7 Å². The number of hydrogen-bond donors (Lipinski definition) is 1. The van der Waals surface area contributed by atoms with Gasteiger partial charge in [-0.2, -0.15) is 0 Å². The van der Waals surface area contributed by atoms with Crippen molar-refractivity contribution in [3.05, 3.63) is 47.0 Å². The van der Waals surface area contributed by atoms with Crippen LogP contribution >= 0.6 is 23.4 Å². The minimum atomic E-state index is -0.557. The fourth-order valence-corrected chi connectivity index (χ4v) is 4.30. The Balaban J connectivity index is 1.73. The number of thioether (sulfide) groups is 1. The fraction of sp³-hybridized carbons (Fsp3) is 0.286. The molecule has 0 aliphatic carbocycles. The molecule has 2 aromatic carbocycles. The second-order valence-electron chi connectivity index (χ2n) is 6.62. The highest BCUT2D eigenvalue weighted by Gasteiger charge is 2.37. The van der Waals surface area contributed by atoms with Crippen molar-refractivity contribution < 1.29 is 19.1 Å². The van der Waals surface area contributed by atoms with Gasteiger partial charge in [-0.25, -0.2) is 4.99 Å². The van der Waals surface area contributed by atoms with Crippen molar-refractivity contribution in [1.82, 2.24) is 4.90 Å². The van der Waals surface area contributed by atoms with Crippen molar-refractivity contribution in [3.8, 4) is 11.5 Å². The first-order valence-electron chi connectivity index (χ1n) is 9.14. The van der Waals surface area contributed by atoms with Gasteiger partial charge in [-0.1, -0.05) is 41.6 Å². The molecule has 1 fully saturated rings. The molecular weight excluding hydrogens is 426 g/mol. The van der Waals surface area contributed by atoms with Crippen molar-refractivity contribution in [3.63, 3.8) is 0 Å². The highest BCUT2D eigenvalue weighted by molar-refractivity contribution is 8.15. The number of carbonyl (C=O) groups is 2. The molecule has 30 heavy (non-hydrogen) atoms. The molecule has 0 bridgehead atoms. The number of anilines is 1. The zero-order valence-electron chi connectivity index (χ0n) is 17.1. The number of ether oxygens (including phenoxy) is 2. The van der Waals surface area contributed by atoms with Crippen molar-refractivity contribution >= 4 is 51.7 Å². The van der Waals surface area contributed by atoms with E-state index >= 15 is 0 Å². The van der Waals surface area contributed by atoms with E-state index in [0.29, 0.717) is 27.4 Å². The Morgan fingerprint density at radius 2 is 1.93 bits per heavy atom. The molecule has 3 rings (SSSR count). The summed E-state index contributed by atoms with van der Waals surface area (Å²) >= 11 is 7.38. The first kappa shape index (κ1) is 22.0. The number of aliphatic imine (C=N–C) groups is 1. The van der Waals surface area contributed by atoms with Crippen LogP contribution in [0.2, 0.25) is 5.02 Å². The first-order chi connectivity index (χ1) is 14.3. The number of aryl methyl sites for hydroxylation is 1. The van der Waals surface area contributed by atoms with Crippen LogP contribution in [0.4, 0.5) is 11.4 Å². The number of para-hydroxylation sites is 1. The average Bonchev–Trinajstić information content (AvgIpc) is 2.98. The second-order valence-corrected chi connectivity index (χ2v) is 8.20. The van der Waals surface area contributed by atoms with Gasteiger partial charge < -0.3 is 14.8 Å². The van der Waals surface area contributed by atoms with Crippen LogP contribution in [0.25, 0.3) is 0 Å². The zero-order valence-corrected chi connectivity index (χ0v) is 18.6. The highest BCUT2D eigenvalue weighted by atomic mass is 35.5. The number of halogens is 1. The molecule has 0 aromatic heterocycles. The van der Waals surface area contributed by atoms with Gasteiger partial charge in [0.05, 0.1) is 30.6 Å². The predicted molar refractivity (Wildman–Crippen MR) is 120 cm³/mol. The normalized spacial score (nSPS) is 17.4. The van der Waals surface area contributed by atoms with E-state index in [2.05, 4.69) is 10.3 Å². The van der Waals surface area contributed by atoms with Gasteiger partial charge in [-0.05, 0) is 18.6 Å². The average molecular weight is 448 g/mol. The maximum absolute atomic E-state index is 12.6. The summed E-state index contributed by atoms with van der Waals surface area (Å²) in [6, 6.07) is 10.8. The minimum absolute atomic E-state index is 0.00523. The highest BCUT2D eigenvalue weighted by Crippen LogP contribution is 2.36. The predicted octanol–water partition coefficient (Wildman–Crippen LogP) is 4.26. The lowest BCUT2D eigenvalue weighted by atomic mass is 10.2. The van der Waals surface area contributed by atoms with E-state index in [1.165, 1.54) is 30.9 Å². The van der Waals surface area contributed by atoms with E-state index in [-0.39, 0.29) is 18.2 Å². The molecule has 1 aliphatic heterocycles. The molecule has 1 atom stereocenters. The largest absolute Gasteiger partial charge is 0.495 e. The number of rotatable bonds is 6. The molecule has 0 saturated carbocycles. The Hall–Kier alpha value is -2.71. The fourth-order valence-electron chi connectivity index (χ4n) is 2.92. The monoisotopic (exact) mass is 447 g/mol. The summed E-state index contributed by atoms with van der Waals surface area (Å²) in [5.41, 5.74) is 2.22. The quantitative estimate of drug-likeness (QED) is 0.715. The number of methoxy groups -OCH3 is 2. The summed E-state index contributed by atoms with van der Waals surface area (Å²) < 4.78 is 10.5. The Morgan fingerprint density at radius 1 is 1.23 bits per heavy atom. The van der Waals surface area contributed by atoms with Crippen LogP contribution in [0, 0.1) is 6.92 Å². The van der Waals surface area contributed by atoms with Gasteiger partial charge in [-0.15, -0.1) is 0 Å². The number of benzene rings is 2. The Kier molecular flexibility index (Phi) is 6.89. The molecule has 0 unspecified atom stereocenters. The molecule has 158 valence electrons. The molecule has 1 N–H and O–H groups in total. The molecule has 7 nitrogen and oxygen atoms in total. The molecule has 1 saturated heterocycles. The number of nitrogens with zero attached hydrogens (tertiary/aromatic N) is 2. The number of carbonyl (C=O) groups excluding carboxylic acids is 2. The molecule has 1 heterocycles. The minimum Gasteiger partial charge on any atom is -0.495 e. The molecular formula is C21H22ClN3O4S. The van der Waals surface area contributed by atoms with Crippen LogP contribution in [0.5, 0.6) is 11.5 Å². The summed E-state index contributed by atoms with van der Waals surface area (Å²) in [6.45, 7) is 1.96. The number of hydrogen-bond acceptors (Lipinski definition) is 6. The number of amides is 2. The smallest absolute Gasteiger partial charge is 0.242 e. The summed E-state index contributed by atoms with van der Waals surface area (Å²) in [6.07, 6.45) is -0.00523. The summed E-state index contributed by atoms with van der Waals surface area (Å²) in [5.74, 6) is 0.321. The van der Waals surface area contributed by atoms with Crippen molar-refractivity contribution in [2.24, 2.45) is 4.99 Å². The van der Waals surface area contributed by atoms with Crippen LogP contribution in [0.15, 0.2) is 41.4 Å². The maximum atomic E-state index is 12.6. The van der Waals surface area contributed by atoms with Gasteiger partial charge in [0.2, 0.25) is 11.8 Å². The van der Waals surface area contributed by atoms with Gasteiger partial charge in [-0.3, -0.25) is 14.5 Å². The van der Waals surface area contributed by atoms with E-state index < -0.39 is 5.25 Å². The van der Waals surface area contributed by atoms with E-state index in [1.54, 1.807) is 19.2 Å². The summed E-state index contributed by atoms with van der Waals surface area (Å²) in [4.78, 5) is 31.3. The third kappa shape index (κ3) is 4.71. The van der Waals surface area contributed by atoms with Gasteiger partial charge in [0, 0.05) is 25.6 Å². The lowest BCUT2D eigenvalue weighted by Crippen LogP contribution is -2.30. The summed E-state index contributed by atoms with van der Waals surface area (Å²) in [5, 5.41) is 3.15. The van der Waals surface area contributed by atoms with E-state index in [0.717, 1.165) is 11.3 Å². The molecule has 1 aliphatic rings. The van der Waals surface area contributed by atoms with Gasteiger partial charge in [0.15, 0.2) is 5.17 Å². The molecule has 0 radical (unpaired) electrons. The first-order valence-corrected chi connectivity index (χ1v) is 10.4. The molecule has 9 heteroatoms. The van der Waals surface area contributed by atoms with Gasteiger partial charge >= 0.3 is 0 Å². The maximum Gasteiger partial charge on any atom is 0.242 e. The Morgan fingerprint density at radius 3 is 2.60 bits per heavy atom. The van der Waals surface area contributed by atoms with Gasteiger partial charge in [0.25, 0.3) is 0 Å². The SMILES string of the molecule is COc1cc(NC(=O)C[C@H]2SC(=Nc3ccccc3C)N(C)C2=O)c(OC)cc1Cl. The zero-order chi connectivity index (χ0) is 21.8. The van der Waals surface area contributed by atoms with E-state index in [1.807, 2.05) is 31.2 Å². The lowest BCUT2D eigenvalue weighted by molar-refractivity contribution is -0.127. The number of nitrogens with one attached hydrogen (secondary N) is 1. The van der Waals surface area contributed by atoms with Crippen LogP contribution < -0.4 is 14.8 Å². The summed E-state index contributed by atoms with van der Waals surface area (Å²) in [7, 11) is 4.63. The lowest BCUT2D eigenvalue weighted by Gasteiger charge is -2.14.